The van der Waals surface area contributed by atoms with E-state index in [1.807, 2.05) is 37.3 Å². The third-order valence-electron chi connectivity index (χ3n) is 4.17. The molecule has 6 nitrogen and oxygen atoms in total. The standard InChI is InChI=1S/C16H20N4O2.ClH/c1-11-7-12(8-17)9-19(11)16(22)15-14(21)10-20(18-15)13-5-3-2-4-6-13;/h2-6,10-12,21H,7-9,17H2,1H3;1H. The van der Waals surface area contributed by atoms with Gasteiger partial charge in [-0.25, -0.2) is 4.68 Å². The number of halogens is 1. The second-order valence-corrected chi connectivity index (χ2v) is 5.79. The molecule has 0 spiro atoms. The number of amides is 1. The van der Waals surface area contributed by atoms with Crippen molar-refractivity contribution < 1.29 is 9.90 Å². The third-order valence-corrected chi connectivity index (χ3v) is 4.17. The van der Waals surface area contributed by atoms with E-state index in [2.05, 4.69) is 5.10 Å². The monoisotopic (exact) mass is 336 g/mol. The molecule has 23 heavy (non-hydrogen) atoms. The minimum atomic E-state index is -0.240. The third kappa shape index (κ3) is 3.33. The van der Waals surface area contributed by atoms with Crippen LogP contribution in [0.2, 0.25) is 0 Å². The number of carbonyl (C=O) groups excluding carboxylic acids is 1. The summed E-state index contributed by atoms with van der Waals surface area (Å²) in [6.07, 6.45) is 2.35. The van der Waals surface area contributed by atoms with Gasteiger partial charge in [0.15, 0.2) is 11.4 Å². The molecule has 2 unspecified atom stereocenters. The first-order valence-electron chi connectivity index (χ1n) is 7.45. The van der Waals surface area contributed by atoms with Gasteiger partial charge in [0, 0.05) is 12.6 Å². The maximum atomic E-state index is 12.6. The van der Waals surface area contributed by atoms with E-state index >= 15 is 0 Å². The second kappa shape index (κ2) is 7.02. The van der Waals surface area contributed by atoms with Crippen molar-refractivity contribution in [2.24, 2.45) is 11.7 Å². The molecular formula is C16H21ClN4O2. The van der Waals surface area contributed by atoms with Crippen molar-refractivity contribution >= 4 is 18.3 Å². The Kier molecular flexibility index (Phi) is 5.28. The molecule has 1 aromatic heterocycles. The highest BCUT2D eigenvalue weighted by atomic mass is 35.5. The molecule has 0 bridgehead atoms. The van der Waals surface area contributed by atoms with Crippen LogP contribution >= 0.6 is 12.4 Å². The summed E-state index contributed by atoms with van der Waals surface area (Å²) in [7, 11) is 0. The molecule has 7 heteroatoms. The quantitative estimate of drug-likeness (QED) is 0.895. The van der Waals surface area contributed by atoms with Crippen molar-refractivity contribution in [2.75, 3.05) is 13.1 Å². The number of hydrogen-bond acceptors (Lipinski definition) is 4. The van der Waals surface area contributed by atoms with Crippen LogP contribution in [0.25, 0.3) is 5.69 Å². The van der Waals surface area contributed by atoms with Gasteiger partial charge in [0.05, 0.1) is 11.9 Å². The van der Waals surface area contributed by atoms with Gasteiger partial charge < -0.3 is 15.7 Å². The number of nitrogens with two attached hydrogens (primary N) is 1. The van der Waals surface area contributed by atoms with Crippen molar-refractivity contribution in [1.29, 1.82) is 0 Å². The molecule has 0 radical (unpaired) electrons. The van der Waals surface area contributed by atoms with Crippen LogP contribution in [0.5, 0.6) is 5.75 Å². The predicted octanol–water partition coefficient (Wildman–Crippen LogP) is 1.81. The van der Waals surface area contributed by atoms with E-state index in [0.717, 1.165) is 12.1 Å². The van der Waals surface area contributed by atoms with E-state index in [1.165, 1.54) is 10.9 Å². The van der Waals surface area contributed by atoms with Gasteiger partial charge in [0.2, 0.25) is 0 Å². The zero-order chi connectivity index (χ0) is 15.7. The highest BCUT2D eigenvalue weighted by Crippen LogP contribution is 2.27. The molecule has 0 aliphatic carbocycles. The molecule has 1 amide bonds. The number of rotatable bonds is 3. The van der Waals surface area contributed by atoms with Gasteiger partial charge in [-0.2, -0.15) is 5.10 Å². The Labute approximate surface area is 141 Å². The molecule has 1 aliphatic heterocycles. The van der Waals surface area contributed by atoms with E-state index in [1.54, 1.807) is 4.90 Å². The van der Waals surface area contributed by atoms with Crippen LogP contribution in [0.3, 0.4) is 0 Å². The fraction of sp³-hybridized carbons (Fsp3) is 0.375. The Morgan fingerprint density at radius 1 is 1.39 bits per heavy atom. The van der Waals surface area contributed by atoms with E-state index < -0.39 is 0 Å². The van der Waals surface area contributed by atoms with E-state index in [-0.39, 0.29) is 35.8 Å². The highest BCUT2D eigenvalue weighted by molar-refractivity contribution is 5.95. The Morgan fingerprint density at radius 2 is 2.09 bits per heavy atom. The van der Waals surface area contributed by atoms with Gasteiger partial charge in [-0.3, -0.25) is 4.79 Å². The zero-order valence-electron chi connectivity index (χ0n) is 12.9. The first kappa shape index (κ1) is 17.3. The lowest BCUT2D eigenvalue weighted by atomic mass is 10.1. The lowest BCUT2D eigenvalue weighted by molar-refractivity contribution is 0.0734. The highest BCUT2D eigenvalue weighted by Gasteiger charge is 2.34. The number of carbonyl (C=O) groups is 1. The van der Waals surface area contributed by atoms with Crippen molar-refractivity contribution in [1.82, 2.24) is 14.7 Å². The van der Waals surface area contributed by atoms with Crippen LogP contribution in [0.4, 0.5) is 0 Å². The van der Waals surface area contributed by atoms with Crippen LogP contribution in [0.1, 0.15) is 23.8 Å². The number of benzene rings is 1. The summed E-state index contributed by atoms with van der Waals surface area (Å²) in [4.78, 5) is 14.4. The van der Waals surface area contributed by atoms with Crippen LogP contribution in [0, 0.1) is 5.92 Å². The minimum Gasteiger partial charge on any atom is -0.504 e. The summed E-state index contributed by atoms with van der Waals surface area (Å²) < 4.78 is 1.52. The average molecular weight is 337 g/mol. The normalized spacial score (nSPS) is 20.3. The summed E-state index contributed by atoms with van der Waals surface area (Å²) in [6.45, 7) is 3.19. The SMILES string of the molecule is CC1CC(CN)CN1C(=O)c1nn(-c2ccccc2)cc1O.Cl. The number of aromatic hydroxyl groups is 1. The van der Waals surface area contributed by atoms with Crippen LogP contribution in [-0.2, 0) is 0 Å². The molecule has 1 aromatic carbocycles. The van der Waals surface area contributed by atoms with Gasteiger partial charge in [-0.1, -0.05) is 18.2 Å². The summed E-state index contributed by atoms with van der Waals surface area (Å²) >= 11 is 0. The van der Waals surface area contributed by atoms with Gasteiger partial charge in [-0.15, -0.1) is 12.4 Å². The molecule has 0 saturated carbocycles. The van der Waals surface area contributed by atoms with Gasteiger partial charge in [0.25, 0.3) is 5.91 Å². The lowest BCUT2D eigenvalue weighted by Crippen LogP contribution is -2.34. The smallest absolute Gasteiger partial charge is 0.278 e. The van der Waals surface area contributed by atoms with E-state index in [9.17, 15) is 9.90 Å². The number of para-hydroxylation sites is 1. The maximum absolute atomic E-state index is 12.6. The minimum absolute atomic E-state index is 0. The fourth-order valence-electron chi connectivity index (χ4n) is 2.96. The topological polar surface area (TPSA) is 84.4 Å². The zero-order valence-corrected chi connectivity index (χ0v) is 13.7. The fourth-order valence-corrected chi connectivity index (χ4v) is 2.96. The van der Waals surface area contributed by atoms with Crippen molar-refractivity contribution in [3.8, 4) is 11.4 Å². The predicted molar refractivity (Wildman–Crippen MR) is 90.1 cm³/mol. The molecule has 1 fully saturated rings. The largest absolute Gasteiger partial charge is 0.504 e. The second-order valence-electron chi connectivity index (χ2n) is 5.79. The molecule has 2 heterocycles. The van der Waals surface area contributed by atoms with Crippen molar-refractivity contribution in [3.05, 3.63) is 42.2 Å². The molecule has 2 atom stereocenters. The van der Waals surface area contributed by atoms with Gasteiger partial charge >= 0.3 is 0 Å². The average Bonchev–Trinajstić information content (AvgIpc) is 3.10. The first-order valence-corrected chi connectivity index (χ1v) is 7.45. The Bertz CT molecular complexity index is 674. The number of aromatic nitrogens is 2. The molecular weight excluding hydrogens is 316 g/mol. The summed E-state index contributed by atoms with van der Waals surface area (Å²) in [5.74, 6) is -0.0230. The van der Waals surface area contributed by atoms with Crippen LogP contribution in [-0.4, -0.2) is 44.8 Å². The van der Waals surface area contributed by atoms with Crippen LogP contribution < -0.4 is 5.73 Å². The molecule has 3 rings (SSSR count). The molecule has 3 N–H and O–H groups in total. The first-order chi connectivity index (χ1) is 10.6. The number of hydrogen-bond donors (Lipinski definition) is 2. The Hall–Kier alpha value is -2.05. The molecule has 1 saturated heterocycles. The summed E-state index contributed by atoms with van der Waals surface area (Å²) in [5, 5.41) is 14.3. The summed E-state index contributed by atoms with van der Waals surface area (Å²) in [6, 6.07) is 9.50. The van der Waals surface area contributed by atoms with Crippen LogP contribution in [0.15, 0.2) is 36.5 Å². The van der Waals surface area contributed by atoms with Crippen molar-refractivity contribution in [2.45, 2.75) is 19.4 Å². The molecule has 124 valence electrons. The lowest BCUT2D eigenvalue weighted by Gasteiger charge is -2.20. The van der Waals surface area contributed by atoms with Gasteiger partial charge in [0.1, 0.15) is 0 Å². The number of nitrogens with zero attached hydrogens (tertiary/aromatic N) is 3. The van der Waals surface area contributed by atoms with E-state index in [0.29, 0.717) is 19.0 Å². The molecule has 1 aliphatic rings. The Balaban J connectivity index is 0.00000192. The van der Waals surface area contributed by atoms with Gasteiger partial charge in [-0.05, 0) is 37.9 Å². The van der Waals surface area contributed by atoms with E-state index in [4.69, 9.17) is 5.73 Å². The Morgan fingerprint density at radius 3 is 2.70 bits per heavy atom. The maximum Gasteiger partial charge on any atom is 0.278 e. The molecule has 2 aromatic rings. The van der Waals surface area contributed by atoms with Crippen molar-refractivity contribution in [3.63, 3.8) is 0 Å². The summed E-state index contributed by atoms with van der Waals surface area (Å²) in [5.41, 5.74) is 6.59. The number of likely N-dealkylation sites (tertiary alicyclic amines) is 1.